The number of alkyl halides is 1. The molecule has 2 radical (unpaired) electrons. The minimum Gasteiger partial charge on any atom is -0.242 e. The topological polar surface area (TPSA) is 26.5 Å². The number of halogens is 1. The molecular weight excluding hydrogens is 95.1 g/mol. The zero-order chi connectivity index (χ0) is 5.11. The van der Waals surface area contributed by atoms with Gasteiger partial charge in [0, 0.05) is 0 Å². The van der Waals surface area contributed by atoms with Crippen LogP contribution in [0.1, 0.15) is 0 Å². The molecule has 0 unspecified atom stereocenters. The molecule has 0 saturated carbocycles. The summed E-state index contributed by atoms with van der Waals surface area (Å²) in [4.78, 5) is 3.49. The van der Waals surface area contributed by atoms with Crippen molar-refractivity contribution < 1.29 is 4.39 Å². The standard InChI is InChI=1S/C4H3FN2/c5-3-4-6-1-2-7-4/h1H,3H2. The normalized spacial score (nSPS) is 16.4. The molecule has 1 aliphatic heterocycles. The van der Waals surface area contributed by atoms with Crippen LogP contribution >= 0.6 is 0 Å². The number of hydrogen-bond donors (Lipinski definition) is 0. The third-order valence-electron chi connectivity index (χ3n) is 0.584. The van der Waals surface area contributed by atoms with Crippen molar-refractivity contribution in [2.45, 2.75) is 0 Å². The predicted octanol–water partition coefficient (Wildman–Crippen LogP) is 0.247. The SMILES string of the molecule is FCC1=NC=[C][N]1. The van der Waals surface area contributed by atoms with Crippen LogP contribution in [-0.4, -0.2) is 12.5 Å². The van der Waals surface area contributed by atoms with Gasteiger partial charge in [-0.05, 0) is 0 Å². The van der Waals surface area contributed by atoms with Crippen LogP contribution in [0.15, 0.2) is 11.2 Å². The molecule has 0 aliphatic carbocycles. The molecule has 0 aromatic carbocycles. The van der Waals surface area contributed by atoms with Crippen molar-refractivity contribution >= 4 is 5.84 Å². The molecule has 0 fully saturated rings. The zero-order valence-electron chi connectivity index (χ0n) is 3.56. The van der Waals surface area contributed by atoms with Crippen LogP contribution in [0.4, 0.5) is 4.39 Å². The second-order valence-electron chi connectivity index (χ2n) is 1.05. The van der Waals surface area contributed by atoms with Crippen LogP contribution < -0.4 is 5.32 Å². The molecule has 0 saturated heterocycles. The van der Waals surface area contributed by atoms with Gasteiger partial charge >= 0.3 is 0 Å². The fourth-order valence-electron chi connectivity index (χ4n) is 0.300. The Labute approximate surface area is 40.7 Å². The van der Waals surface area contributed by atoms with E-state index < -0.39 is 6.67 Å². The molecule has 1 heterocycles. The van der Waals surface area contributed by atoms with Crippen molar-refractivity contribution in [3.63, 3.8) is 0 Å². The van der Waals surface area contributed by atoms with Crippen molar-refractivity contribution in [1.82, 2.24) is 5.32 Å². The second kappa shape index (κ2) is 1.73. The molecule has 0 spiro atoms. The summed E-state index contributed by atoms with van der Waals surface area (Å²) < 4.78 is 11.4. The number of hydrogen-bond acceptors (Lipinski definition) is 1. The van der Waals surface area contributed by atoms with Crippen molar-refractivity contribution in [3.05, 3.63) is 12.4 Å². The van der Waals surface area contributed by atoms with Gasteiger partial charge in [-0.15, -0.1) is 0 Å². The fraction of sp³-hybridized carbons (Fsp3) is 0.250. The quantitative estimate of drug-likeness (QED) is 0.449. The Hall–Kier alpha value is -0.860. The van der Waals surface area contributed by atoms with Gasteiger partial charge in [0.2, 0.25) is 0 Å². The highest BCUT2D eigenvalue weighted by atomic mass is 19.1. The summed E-state index contributed by atoms with van der Waals surface area (Å²) in [5.41, 5.74) is 0. The Morgan fingerprint density at radius 2 is 2.71 bits per heavy atom. The van der Waals surface area contributed by atoms with E-state index in [1.807, 2.05) is 0 Å². The summed E-state index contributed by atoms with van der Waals surface area (Å²) in [5.74, 6) is 0.208. The van der Waals surface area contributed by atoms with E-state index >= 15 is 0 Å². The molecule has 0 bridgehead atoms. The van der Waals surface area contributed by atoms with Crippen LogP contribution in [0.5, 0.6) is 0 Å². The summed E-state index contributed by atoms with van der Waals surface area (Å²) in [6.45, 7) is -0.594. The number of aliphatic imine (C=N–C) groups is 1. The Kier molecular flexibility index (Phi) is 1.06. The van der Waals surface area contributed by atoms with Gasteiger partial charge in [-0.2, -0.15) is 0 Å². The minimum absolute atomic E-state index is 0.208. The lowest BCUT2D eigenvalue weighted by molar-refractivity contribution is 0.575. The average molecular weight is 98.1 g/mol. The number of nitrogens with zero attached hydrogens (tertiary/aromatic N) is 2. The molecule has 1 rings (SSSR count). The summed E-state index contributed by atoms with van der Waals surface area (Å²) in [7, 11) is 0. The van der Waals surface area contributed by atoms with E-state index in [-0.39, 0.29) is 5.84 Å². The maximum absolute atomic E-state index is 11.4. The van der Waals surface area contributed by atoms with Crippen molar-refractivity contribution in [1.29, 1.82) is 0 Å². The van der Waals surface area contributed by atoms with E-state index in [4.69, 9.17) is 0 Å². The highest BCUT2D eigenvalue weighted by Crippen LogP contribution is 1.87. The van der Waals surface area contributed by atoms with Crippen molar-refractivity contribution in [3.8, 4) is 0 Å². The highest BCUT2D eigenvalue weighted by Gasteiger charge is 1.98. The lowest BCUT2D eigenvalue weighted by atomic mass is 10.7. The Morgan fingerprint density at radius 3 is 3.00 bits per heavy atom. The third kappa shape index (κ3) is 0.765. The second-order valence-corrected chi connectivity index (χ2v) is 1.05. The van der Waals surface area contributed by atoms with E-state index in [1.54, 1.807) is 0 Å². The maximum Gasteiger partial charge on any atom is 0.160 e. The smallest absolute Gasteiger partial charge is 0.160 e. The molecule has 36 valence electrons. The van der Waals surface area contributed by atoms with Gasteiger partial charge in [-0.3, -0.25) is 0 Å². The molecule has 3 heteroatoms. The van der Waals surface area contributed by atoms with Crippen molar-refractivity contribution in [2.75, 3.05) is 6.67 Å². The third-order valence-corrected chi connectivity index (χ3v) is 0.584. The first-order chi connectivity index (χ1) is 3.43. The predicted molar refractivity (Wildman–Crippen MR) is 23.4 cm³/mol. The molecule has 1 aliphatic rings. The van der Waals surface area contributed by atoms with Crippen LogP contribution in [0.2, 0.25) is 0 Å². The largest absolute Gasteiger partial charge is 0.242 e. The summed E-state index contributed by atoms with van der Waals surface area (Å²) in [5, 5.41) is 3.42. The Morgan fingerprint density at radius 1 is 1.86 bits per heavy atom. The van der Waals surface area contributed by atoms with Crippen LogP contribution in [-0.2, 0) is 0 Å². The minimum atomic E-state index is -0.594. The molecule has 0 atom stereocenters. The number of amidine groups is 1. The van der Waals surface area contributed by atoms with Crippen LogP contribution in [0.25, 0.3) is 0 Å². The highest BCUT2D eigenvalue weighted by molar-refractivity contribution is 5.85. The van der Waals surface area contributed by atoms with E-state index in [0.717, 1.165) is 0 Å². The van der Waals surface area contributed by atoms with Crippen LogP contribution in [0, 0.1) is 6.20 Å². The van der Waals surface area contributed by atoms with Gasteiger partial charge in [0.05, 0.1) is 6.20 Å². The molecule has 2 nitrogen and oxygen atoms in total. The van der Waals surface area contributed by atoms with Crippen molar-refractivity contribution in [2.24, 2.45) is 4.99 Å². The fourth-order valence-corrected chi connectivity index (χ4v) is 0.300. The van der Waals surface area contributed by atoms with Gasteiger partial charge in [0.1, 0.15) is 12.9 Å². The Balaban J connectivity index is 2.45. The van der Waals surface area contributed by atoms with Gasteiger partial charge in [-0.1, -0.05) is 0 Å². The van der Waals surface area contributed by atoms with E-state index in [9.17, 15) is 4.39 Å². The first-order valence-electron chi connectivity index (χ1n) is 1.84. The molecular formula is C4H3FN2. The monoisotopic (exact) mass is 98.0 g/mol. The summed E-state index contributed by atoms with van der Waals surface area (Å²) >= 11 is 0. The van der Waals surface area contributed by atoms with E-state index in [2.05, 4.69) is 16.5 Å². The lowest BCUT2D eigenvalue weighted by Gasteiger charge is -1.83. The lowest BCUT2D eigenvalue weighted by Crippen LogP contribution is -2.07. The van der Waals surface area contributed by atoms with Crippen LogP contribution in [0.3, 0.4) is 0 Å². The first-order valence-corrected chi connectivity index (χ1v) is 1.84. The van der Waals surface area contributed by atoms with Gasteiger partial charge in [0.15, 0.2) is 5.84 Å². The summed E-state index contributed by atoms with van der Waals surface area (Å²) in [6, 6.07) is 0. The van der Waals surface area contributed by atoms with E-state index in [1.165, 1.54) is 6.20 Å². The maximum atomic E-state index is 11.4. The average Bonchev–Trinajstić information content (AvgIpc) is 2.14. The molecule has 7 heavy (non-hydrogen) atoms. The Bertz CT molecular complexity index is 117. The molecule has 0 aromatic heterocycles. The summed E-state index contributed by atoms with van der Waals surface area (Å²) in [6.07, 6.45) is 3.72. The number of rotatable bonds is 1. The van der Waals surface area contributed by atoms with Gasteiger partial charge in [0.25, 0.3) is 0 Å². The van der Waals surface area contributed by atoms with Gasteiger partial charge in [-0.25, -0.2) is 14.7 Å². The first kappa shape index (κ1) is 4.30. The molecule has 0 aromatic rings. The van der Waals surface area contributed by atoms with E-state index in [0.29, 0.717) is 0 Å². The van der Waals surface area contributed by atoms with Gasteiger partial charge < -0.3 is 0 Å². The molecule has 0 N–H and O–H groups in total. The zero-order valence-corrected chi connectivity index (χ0v) is 3.56. The molecule has 0 amide bonds.